The molecule has 20 heavy (non-hydrogen) atoms. The highest BCUT2D eigenvalue weighted by Gasteiger charge is 2.41. The highest BCUT2D eigenvalue weighted by molar-refractivity contribution is 5.94. The zero-order chi connectivity index (χ0) is 15.2. The minimum absolute atomic E-state index is 0.0415. The van der Waals surface area contributed by atoms with Crippen molar-refractivity contribution in [3.63, 3.8) is 0 Å². The molecule has 1 rings (SSSR count). The fourth-order valence-electron chi connectivity index (χ4n) is 2.40. The lowest BCUT2D eigenvalue weighted by Crippen LogP contribution is -2.42. The van der Waals surface area contributed by atoms with Gasteiger partial charge in [-0.25, -0.2) is 4.79 Å². The van der Waals surface area contributed by atoms with Crippen LogP contribution >= 0.6 is 0 Å². The molecule has 0 bridgehead atoms. The second kappa shape index (κ2) is 7.26. The lowest BCUT2D eigenvalue weighted by Gasteiger charge is -2.15. The maximum atomic E-state index is 11.6. The van der Waals surface area contributed by atoms with Crippen molar-refractivity contribution in [1.82, 2.24) is 10.6 Å². The SMILES string of the molecule is CCCC1(CNC(=O)NC(=O)CC(C)CC(=O)O)CC1. The van der Waals surface area contributed by atoms with Gasteiger partial charge in [0.1, 0.15) is 0 Å². The Kier molecular flexibility index (Phi) is 5.98. The van der Waals surface area contributed by atoms with Crippen LogP contribution in [0.15, 0.2) is 0 Å². The Morgan fingerprint density at radius 3 is 2.40 bits per heavy atom. The molecule has 1 aliphatic carbocycles. The summed E-state index contributed by atoms with van der Waals surface area (Å²) < 4.78 is 0. The number of rotatable bonds is 8. The van der Waals surface area contributed by atoms with E-state index in [-0.39, 0.29) is 24.2 Å². The molecule has 0 aromatic heterocycles. The standard InChI is InChI=1S/C14H24N2O4/c1-3-4-14(5-6-14)9-15-13(20)16-11(17)7-10(2)8-12(18)19/h10H,3-9H2,1-2H3,(H,18,19)(H2,15,16,17,20). The molecular formula is C14H24N2O4. The fourth-order valence-corrected chi connectivity index (χ4v) is 2.40. The summed E-state index contributed by atoms with van der Waals surface area (Å²) in [5.74, 6) is -1.66. The number of urea groups is 1. The number of aliphatic carboxylic acids is 1. The fraction of sp³-hybridized carbons (Fsp3) is 0.786. The van der Waals surface area contributed by atoms with Crippen LogP contribution in [0.4, 0.5) is 4.79 Å². The van der Waals surface area contributed by atoms with E-state index < -0.39 is 17.9 Å². The third kappa shape index (κ3) is 6.04. The molecule has 6 nitrogen and oxygen atoms in total. The molecule has 1 saturated carbocycles. The third-order valence-corrected chi connectivity index (χ3v) is 3.67. The van der Waals surface area contributed by atoms with Gasteiger partial charge in [-0.15, -0.1) is 0 Å². The van der Waals surface area contributed by atoms with Crippen molar-refractivity contribution >= 4 is 17.9 Å². The molecule has 0 spiro atoms. The summed E-state index contributed by atoms with van der Waals surface area (Å²) >= 11 is 0. The average Bonchev–Trinajstić information content (AvgIpc) is 3.06. The maximum absolute atomic E-state index is 11.6. The van der Waals surface area contributed by atoms with Crippen LogP contribution in [0.1, 0.15) is 52.4 Å². The molecule has 0 aromatic carbocycles. The number of imide groups is 1. The Labute approximate surface area is 119 Å². The van der Waals surface area contributed by atoms with Gasteiger partial charge in [0.2, 0.25) is 5.91 Å². The topological polar surface area (TPSA) is 95.5 Å². The number of amides is 3. The zero-order valence-electron chi connectivity index (χ0n) is 12.2. The van der Waals surface area contributed by atoms with Crippen molar-refractivity contribution < 1.29 is 19.5 Å². The summed E-state index contributed by atoms with van der Waals surface area (Å²) in [4.78, 5) is 33.6. The van der Waals surface area contributed by atoms with Gasteiger partial charge < -0.3 is 10.4 Å². The summed E-state index contributed by atoms with van der Waals surface area (Å²) in [6, 6.07) is -0.486. The first-order valence-electron chi connectivity index (χ1n) is 7.16. The molecule has 0 radical (unpaired) electrons. The Bertz CT molecular complexity index is 377. The summed E-state index contributed by atoms with van der Waals surface area (Å²) in [5.41, 5.74) is 0.242. The normalized spacial score (nSPS) is 17.1. The molecule has 1 atom stereocenters. The number of nitrogens with one attached hydrogen (secondary N) is 2. The van der Waals surface area contributed by atoms with E-state index in [0.29, 0.717) is 6.54 Å². The van der Waals surface area contributed by atoms with E-state index in [1.807, 2.05) is 0 Å². The zero-order valence-corrected chi connectivity index (χ0v) is 12.2. The first-order valence-corrected chi connectivity index (χ1v) is 7.16. The van der Waals surface area contributed by atoms with Crippen LogP contribution in [0.5, 0.6) is 0 Å². The van der Waals surface area contributed by atoms with Gasteiger partial charge in [0.05, 0.1) is 0 Å². The number of carboxylic acids is 1. The van der Waals surface area contributed by atoms with Gasteiger partial charge in [-0.05, 0) is 30.6 Å². The van der Waals surface area contributed by atoms with Gasteiger partial charge in [-0.2, -0.15) is 0 Å². The van der Waals surface area contributed by atoms with Gasteiger partial charge in [0, 0.05) is 19.4 Å². The Balaban J connectivity index is 2.21. The van der Waals surface area contributed by atoms with Crippen molar-refractivity contribution in [1.29, 1.82) is 0 Å². The van der Waals surface area contributed by atoms with E-state index >= 15 is 0 Å². The van der Waals surface area contributed by atoms with Crippen LogP contribution in [-0.2, 0) is 9.59 Å². The Morgan fingerprint density at radius 2 is 1.90 bits per heavy atom. The lowest BCUT2D eigenvalue weighted by molar-refractivity contribution is -0.138. The van der Waals surface area contributed by atoms with E-state index in [0.717, 1.165) is 25.7 Å². The van der Waals surface area contributed by atoms with E-state index in [1.165, 1.54) is 0 Å². The molecular weight excluding hydrogens is 260 g/mol. The Hall–Kier alpha value is -1.59. The average molecular weight is 284 g/mol. The molecule has 0 saturated heterocycles. The molecule has 0 aliphatic heterocycles. The van der Waals surface area contributed by atoms with E-state index in [4.69, 9.17) is 5.11 Å². The minimum atomic E-state index is -0.940. The van der Waals surface area contributed by atoms with Crippen LogP contribution in [0.2, 0.25) is 0 Å². The number of hydrogen-bond acceptors (Lipinski definition) is 3. The van der Waals surface area contributed by atoms with Gasteiger partial charge >= 0.3 is 12.0 Å². The van der Waals surface area contributed by atoms with Crippen LogP contribution in [0.25, 0.3) is 0 Å². The van der Waals surface area contributed by atoms with Gasteiger partial charge in [0.15, 0.2) is 0 Å². The summed E-state index contributed by atoms with van der Waals surface area (Å²) in [6.45, 7) is 4.39. The molecule has 6 heteroatoms. The van der Waals surface area contributed by atoms with Crippen LogP contribution in [0.3, 0.4) is 0 Å². The molecule has 1 unspecified atom stereocenters. The Morgan fingerprint density at radius 1 is 1.25 bits per heavy atom. The monoisotopic (exact) mass is 284 g/mol. The van der Waals surface area contributed by atoms with Crippen molar-refractivity contribution in [2.24, 2.45) is 11.3 Å². The van der Waals surface area contributed by atoms with Crippen molar-refractivity contribution in [2.45, 2.75) is 52.4 Å². The summed E-state index contributed by atoms with van der Waals surface area (Å²) in [5, 5.41) is 13.6. The van der Waals surface area contributed by atoms with Crippen LogP contribution in [-0.4, -0.2) is 29.6 Å². The molecule has 0 aromatic rings. The van der Waals surface area contributed by atoms with Crippen molar-refractivity contribution in [2.75, 3.05) is 6.54 Å². The predicted molar refractivity (Wildman–Crippen MR) is 74.2 cm³/mol. The second-order valence-electron chi connectivity index (χ2n) is 5.89. The van der Waals surface area contributed by atoms with E-state index in [9.17, 15) is 14.4 Å². The largest absolute Gasteiger partial charge is 0.481 e. The number of carbonyl (C=O) groups is 3. The molecule has 1 fully saturated rings. The van der Waals surface area contributed by atoms with Crippen LogP contribution in [0, 0.1) is 11.3 Å². The second-order valence-corrected chi connectivity index (χ2v) is 5.89. The van der Waals surface area contributed by atoms with Crippen molar-refractivity contribution in [3.8, 4) is 0 Å². The third-order valence-electron chi connectivity index (χ3n) is 3.67. The molecule has 3 amide bonds. The molecule has 1 aliphatic rings. The predicted octanol–water partition coefficient (Wildman–Crippen LogP) is 1.89. The summed E-state index contributed by atoms with van der Waals surface area (Å²) in [6.07, 6.45) is 4.41. The lowest BCUT2D eigenvalue weighted by atomic mass is 10.0. The van der Waals surface area contributed by atoms with Gasteiger partial charge in [-0.1, -0.05) is 20.3 Å². The molecule has 0 heterocycles. The highest BCUT2D eigenvalue weighted by Crippen LogP contribution is 2.48. The number of carbonyl (C=O) groups excluding carboxylic acids is 2. The number of hydrogen-bond donors (Lipinski definition) is 3. The van der Waals surface area contributed by atoms with Crippen molar-refractivity contribution in [3.05, 3.63) is 0 Å². The quantitative estimate of drug-likeness (QED) is 0.634. The first-order chi connectivity index (χ1) is 9.37. The first kappa shape index (κ1) is 16.5. The minimum Gasteiger partial charge on any atom is -0.481 e. The smallest absolute Gasteiger partial charge is 0.321 e. The molecule has 114 valence electrons. The van der Waals surface area contributed by atoms with E-state index in [2.05, 4.69) is 17.6 Å². The summed E-state index contributed by atoms with van der Waals surface area (Å²) in [7, 11) is 0. The van der Waals surface area contributed by atoms with Gasteiger partial charge in [-0.3, -0.25) is 14.9 Å². The van der Waals surface area contributed by atoms with Crippen LogP contribution < -0.4 is 10.6 Å². The number of carboxylic acid groups (broad SMARTS) is 1. The van der Waals surface area contributed by atoms with E-state index in [1.54, 1.807) is 6.92 Å². The molecule has 3 N–H and O–H groups in total. The maximum Gasteiger partial charge on any atom is 0.321 e. The highest BCUT2D eigenvalue weighted by atomic mass is 16.4. The van der Waals surface area contributed by atoms with Gasteiger partial charge in [0.25, 0.3) is 0 Å².